The second kappa shape index (κ2) is 25.9. The van der Waals surface area contributed by atoms with Crippen LogP contribution in [0.5, 0.6) is 0 Å². The predicted octanol–water partition coefficient (Wildman–Crippen LogP) is 7.94. The molecule has 19 heteroatoms. The first kappa shape index (κ1) is 52.1. The number of hydrogen-bond donors (Lipinski definition) is 6. The molecule has 380 valence electrons. The number of halogens is 1. The molecule has 71 heavy (non-hydrogen) atoms. The fraction of sp³-hybridized carbons (Fsp3) is 0.519. The van der Waals surface area contributed by atoms with Crippen LogP contribution in [0.15, 0.2) is 67.1 Å². The van der Waals surface area contributed by atoms with Gasteiger partial charge in [-0.15, -0.1) is 0 Å². The number of pyridine rings is 1. The van der Waals surface area contributed by atoms with Crippen molar-refractivity contribution in [1.82, 2.24) is 50.9 Å². The maximum atomic E-state index is 14.3. The minimum atomic E-state index is -0.921. The molecule has 1 unspecified atom stereocenters. The lowest BCUT2D eigenvalue weighted by Crippen LogP contribution is -2.57. The van der Waals surface area contributed by atoms with Crippen LogP contribution in [0.4, 0.5) is 27.7 Å². The molecule has 2 fully saturated rings. The zero-order chi connectivity index (χ0) is 50.0. The van der Waals surface area contributed by atoms with E-state index in [1.54, 1.807) is 19.4 Å². The number of hydrogen-bond acceptors (Lipinski definition) is 13. The summed E-state index contributed by atoms with van der Waals surface area (Å²) in [6.45, 7) is 6.26. The van der Waals surface area contributed by atoms with Gasteiger partial charge in [0.05, 0.1) is 24.2 Å². The average Bonchev–Trinajstić information content (AvgIpc) is 3.99. The number of rotatable bonds is 27. The third-order valence-electron chi connectivity index (χ3n) is 13.4. The van der Waals surface area contributed by atoms with Crippen LogP contribution < -0.4 is 31.5 Å². The van der Waals surface area contributed by atoms with Crippen LogP contribution in [0.1, 0.15) is 144 Å². The van der Waals surface area contributed by atoms with Crippen molar-refractivity contribution in [2.45, 2.75) is 141 Å². The van der Waals surface area contributed by atoms with E-state index in [4.69, 9.17) is 14.7 Å². The molecule has 4 amide bonds. The van der Waals surface area contributed by atoms with E-state index in [1.807, 2.05) is 56.3 Å². The highest BCUT2D eigenvalue weighted by molar-refractivity contribution is 6.01. The number of amides is 4. The maximum Gasteiger partial charge on any atom is 0.234 e. The largest absolute Gasteiger partial charge is 0.385 e. The first-order valence-electron chi connectivity index (χ1n) is 25.3. The molecule has 0 radical (unpaired) electrons. The first-order valence-corrected chi connectivity index (χ1v) is 25.3. The van der Waals surface area contributed by atoms with Gasteiger partial charge in [-0.25, -0.2) is 19.0 Å². The van der Waals surface area contributed by atoms with Gasteiger partial charge in [-0.05, 0) is 75.3 Å². The van der Waals surface area contributed by atoms with E-state index in [0.717, 1.165) is 67.5 Å². The summed E-state index contributed by atoms with van der Waals surface area (Å²) in [7, 11) is 1.61. The lowest BCUT2D eigenvalue weighted by molar-refractivity contribution is -0.136. The Kier molecular flexibility index (Phi) is 19.0. The van der Waals surface area contributed by atoms with Gasteiger partial charge in [0.15, 0.2) is 17.5 Å². The number of imide groups is 1. The lowest BCUT2D eigenvalue weighted by Gasteiger charge is -2.42. The number of aryl methyl sites for hydroxylation is 2. The molecule has 2 saturated heterocycles. The number of methoxy groups -OCH3 is 1. The molecular formula is C52H70FN13O5. The Bertz CT molecular complexity index is 2520. The summed E-state index contributed by atoms with van der Waals surface area (Å²) in [6.07, 6.45) is 18.6. The van der Waals surface area contributed by atoms with E-state index in [9.17, 15) is 23.6 Å². The Balaban J connectivity index is 0.787. The Labute approximate surface area is 415 Å². The molecule has 6 heterocycles. The van der Waals surface area contributed by atoms with Gasteiger partial charge in [-0.1, -0.05) is 69.6 Å². The second-order valence-electron chi connectivity index (χ2n) is 18.9. The van der Waals surface area contributed by atoms with Gasteiger partial charge in [0.1, 0.15) is 11.5 Å². The number of nitrogens with zero attached hydrogens (tertiary/aromatic N) is 7. The van der Waals surface area contributed by atoms with Crippen LogP contribution in [0.3, 0.4) is 0 Å². The van der Waals surface area contributed by atoms with Crippen molar-refractivity contribution in [2.24, 2.45) is 0 Å². The van der Waals surface area contributed by atoms with Gasteiger partial charge in [0.2, 0.25) is 29.6 Å². The number of anilines is 4. The SMILES string of the molecule is COC1(NC(=O)[C@@H](CCCNC(=O)CCCCCCCCCCCCNc2cccc(C3CCC(=O)NC3=O)c2)c2ccc(-n3cc(F)cn3)nc2)CCN(c2nc(C)cc(Nc3cc(C)[nH]n3)n2)CC1. The van der Waals surface area contributed by atoms with Crippen LogP contribution in [-0.2, 0) is 23.9 Å². The molecule has 6 N–H and O–H groups in total. The normalized spacial score (nSPS) is 16.1. The van der Waals surface area contributed by atoms with Crippen LogP contribution >= 0.6 is 0 Å². The molecule has 4 aromatic heterocycles. The molecule has 0 spiro atoms. The Hall–Kier alpha value is -6.76. The van der Waals surface area contributed by atoms with Gasteiger partial charge in [-0.2, -0.15) is 15.2 Å². The molecule has 7 rings (SSSR count). The predicted molar refractivity (Wildman–Crippen MR) is 270 cm³/mol. The minimum Gasteiger partial charge on any atom is -0.385 e. The summed E-state index contributed by atoms with van der Waals surface area (Å²) >= 11 is 0. The number of piperidine rings is 2. The van der Waals surface area contributed by atoms with Crippen molar-refractivity contribution in [3.05, 3.63) is 95.5 Å². The van der Waals surface area contributed by atoms with E-state index in [-0.39, 0.29) is 29.5 Å². The summed E-state index contributed by atoms with van der Waals surface area (Å²) < 4.78 is 21.1. The molecule has 0 bridgehead atoms. The minimum absolute atomic E-state index is 0.0156. The molecule has 18 nitrogen and oxygen atoms in total. The molecule has 0 aliphatic carbocycles. The topological polar surface area (TPSA) is 226 Å². The summed E-state index contributed by atoms with van der Waals surface area (Å²) in [5.41, 5.74) is 3.46. The number of carbonyl (C=O) groups excluding carboxylic acids is 4. The molecule has 1 aromatic carbocycles. The first-order chi connectivity index (χ1) is 34.5. The molecule has 5 aromatic rings. The van der Waals surface area contributed by atoms with E-state index in [2.05, 4.69) is 51.8 Å². The number of benzene rings is 1. The average molecular weight is 976 g/mol. The Morgan fingerprint density at radius 3 is 2.32 bits per heavy atom. The highest BCUT2D eigenvalue weighted by atomic mass is 19.1. The third kappa shape index (κ3) is 15.6. The number of carbonyl (C=O) groups is 4. The summed E-state index contributed by atoms with van der Waals surface area (Å²) in [4.78, 5) is 66.9. The smallest absolute Gasteiger partial charge is 0.234 e. The number of ether oxygens (including phenoxy) is 1. The van der Waals surface area contributed by atoms with Crippen molar-refractivity contribution >= 4 is 46.9 Å². The van der Waals surface area contributed by atoms with Gasteiger partial charge >= 0.3 is 0 Å². The van der Waals surface area contributed by atoms with Crippen molar-refractivity contribution in [3.8, 4) is 5.82 Å². The van der Waals surface area contributed by atoms with Gasteiger partial charge in [0, 0.05) is 94.4 Å². The summed E-state index contributed by atoms with van der Waals surface area (Å²) in [5.74, 6) is 0.363. The fourth-order valence-electron chi connectivity index (χ4n) is 9.30. The van der Waals surface area contributed by atoms with E-state index < -0.39 is 17.5 Å². The number of nitrogens with one attached hydrogen (secondary N) is 6. The van der Waals surface area contributed by atoms with Gasteiger partial charge in [-0.3, -0.25) is 29.6 Å². The zero-order valence-corrected chi connectivity index (χ0v) is 41.4. The lowest BCUT2D eigenvalue weighted by atomic mass is 9.90. The standard InChI is InChI=1S/C52H70FN13O5/c1-36-30-44(59-45-31-37(2)63-64-45)60-51(58-36)65-28-24-52(71-3,25-29-65)62-50(70)42(39-20-22-46(56-33-39)66-35-40(53)34-57-66)18-15-27-55-47(67)19-12-10-8-6-4-5-7-9-11-13-26-54-41-17-14-16-38(32-41)43-21-23-48(68)61-49(43)69/h14,16-17,20,22,30-35,42-43,54H,4-13,15,18-19,21,23-29H2,1-3H3,(H,55,67)(H,62,70)(H,61,68,69)(H2,58,59,60,63,64)/t42-,43?/m0/s1. The zero-order valence-electron chi connectivity index (χ0n) is 41.4. The Morgan fingerprint density at radius 1 is 0.887 bits per heavy atom. The quantitative estimate of drug-likeness (QED) is 0.0167. The van der Waals surface area contributed by atoms with E-state index in [0.29, 0.717) is 93.5 Å². The van der Waals surface area contributed by atoms with Crippen molar-refractivity contribution in [2.75, 3.05) is 48.8 Å². The van der Waals surface area contributed by atoms with E-state index >= 15 is 0 Å². The maximum absolute atomic E-state index is 14.3. The molecular weight excluding hydrogens is 906 g/mol. The monoisotopic (exact) mass is 976 g/mol. The summed E-state index contributed by atoms with van der Waals surface area (Å²) in [6, 6.07) is 15.2. The van der Waals surface area contributed by atoms with Crippen LogP contribution in [-0.4, -0.2) is 97.6 Å². The molecule has 0 saturated carbocycles. The highest BCUT2D eigenvalue weighted by Gasteiger charge is 2.39. The van der Waals surface area contributed by atoms with Crippen molar-refractivity contribution in [1.29, 1.82) is 0 Å². The van der Waals surface area contributed by atoms with Gasteiger partial charge in [0.25, 0.3) is 0 Å². The van der Waals surface area contributed by atoms with Crippen molar-refractivity contribution in [3.63, 3.8) is 0 Å². The fourth-order valence-corrected chi connectivity index (χ4v) is 9.30. The van der Waals surface area contributed by atoms with Crippen molar-refractivity contribution < 1.29 is 28.3 Å². The molecule has 2 aliphatic heterocycles. The number of unbranched alkanes of at least 4 members (excludes halogenated alkanes) is 9. The third-order valence-corrected chi connectivity index (χ3v) is 13.4. The molecule has 2 aliphatic rings. The van der Waals surface area contributed by atoms with Crippen LogP contribution in [0.25, 0.3) is 5.82 Å². The number of aromatic amines is 1. The Morgan fingerprint density at radius 2 is 1.65 bits per heavy atom. The summed E-state index contributed by atoms with van der Waals surface area (Å²) in [5, 5.41) is 26.7. The van der Waals surface area contributed by atoms with Crippen LogP contribution in [0, 0.1) is 19.7 Å². The number of aromatic nitrogens is 7. The second-order valence-corrected chi connectivity index (χ2v) is 18.9. The highest BCUT2D eigenvalue weighted by Crippen LogP contribution is 2.31. The van der Waals surface area contributed by atoms with Gasteiger partial charge < -0.3 is 30.9 Å². The van der Waals surface area contributed by atoms with Crippen LogP contribution in [0.2, 0.25) is 0 Å². The molecule has 2 atom stereocenters. The van der Waals surface area contributed by atoms with E-state index in [1.165, 1.54) is 43.0 Å². The number of H-pyrrole nitrogens is 1.